The van der Waals surface area contributed by atoms with E-state index in [2.05, 4.69) is 51.6 Å². The van der Waals surface area contributed by atoms with Crippen LogP contribution in [0, 0.1) is 6.92 Å². The van der Waals surface area contributed by atoms with E-state index in [0.29, 0.717) is 12.4 Å². The first-order chi connectivity index (χ1) is 17.0. The lowest BCUT2D eigenvalue weighted by molar-refractivity contribution is -0.123. The van der Waals surface area contributed by atoms with Crippen LogP contribution in [-0.4, -0.2) is 16.8 Å². The van der Waals surface area contributed by atoms with Crippen molar-refractivity contribution in [2.45, 2.75) is 20.1 Å². The van der Waals surface area contributed by atoms with Gasteiger partial charge in [0.1, 0.15) is 18.1 Å². The maximum Gasteiger partial charge on any atom is 0.329 e. The van der Waals surface area contributed by atoms with Crippen molar-refractivity contribution in [2.24, 2.45) is 0 Å². The average Bonchev–Trinajstić information content (AvgIpc) is 3.10. The van der Waals surface area contributed by atoms with Gasteiger partial charge >= 0.3 is 6.03 Å². The van der Waals surface area contributed by atoms with Gasteiger partial charge in [0.05, 0.1) is 11.0 Å². The molecular weight excluding hydrogens is 504 g/mol. The SMILES string of the molecule is Cc1cccc(CN2C(=O)N/C(=C/c3ccc(OCc4ccc5ccccc5c4)c(Br)c3)C2=O)c1. The minimum absolute atomic E-state index is 0.231. The van der Waals surface area contributed by atoms with Crippen molar-refractivity contribution < 1.29 is 14.3 Å². The van der Waals surface area contributed by atoms with E-state index in [1.165, 1.54) is 15.7 Å². The number of fused-ring (bicyclic) bond motifs is 1. The van der Waals surface area contributed by atoms with Crippen molar-refractivity contribution in [2.75, 3.05) is 0 Å². The van der Waals surface area contributed by atoms with Crippen LogP contribution < -0.4 is 10.1 Å². The van der Waals surface area contributed by atoms with E-state index in [4.69, 9.17) is 4.74 Å². The highest BCUT2D eigenvalue weighted by Gasteiger charge is 2.33. The molecule has 1 aliphatic heterocycles. The van der Waals surface area contributed by atoms with Gasteiger partial charge in [0.15, 0.2) is 0 Å². The summed E-state index contributed by atoms with van der Waals surface area (Å²) in [4.78, 5) is 26.5. The number of aryl methyl sites for hydroxylation is 1. The molecule has 0 bridgehead atoms. The number of nitrogens with one attached hydrogen (secondary N) is 1. The number of carbonyl (C=O) groups is 2. The summed E-state index contributed by atoms with van der Waals surface area (Å²) >= 11 is 3.56. The quantitative estimate of drug-likeness (QED) is 0.228. The zero-order chi connectivity index (χ0) is 24.4. The predicted molar refractivity (Wildman–Crippen MR) is 141 cm³/mol. The van der Waals surface area contributed by atoms with E-state index in [9.17, 15) is 9.59 Å². The fourth-order valence-corrected chi connectivity index (χ4v) is 4.60. The number of carbonyl (C=O) groups excluding carboxylic acids is 2. The molecule has 0 saturated carbocycles. The molecule has 3 amide bonds. The summed E-state index contributed by atoms with van der Waals surface area (Å²) in [6.45, 7) is 2.65. The third-order valence-electron chi connectivity index (χ3n) is 5.86. The van der Waals surface area contributed by atoms with E-state index < -0.39 is 6.03 Å². The van der Waals surface area contributed by atoms with Crippen molar-refractivity contribution in [3.05, 3.63) is 117 Å². The monoisotopic (exact) mass is 526 g/mol. The number of hydrogen-bond donors (Lipinski definition) is 1. The molecule has 4 aromatic rings. The number of nitrogens with zero attached hydrogens (tertiary/aromatic N) is 1. The highest BCUT2D eigenvalue weighted by atomic mass is 79.9. The fraction of sp³-hybridized carbons (Fsp3) is 0.103. The van der Waals surface area contributed by atoms with E-state index in [1.54, 1.807) is 6.08 Å². The Hall–Kier alpha value is -3.90. The summed E-state index contributed by atoms with van der Waals surface area (Å²) in [6.07, 6.45) is 1.67. The van der Waals surface area contributed by atoms with Crippen molar-refractivity contribution in [1.29, 1.82) is 0 Å². The van der Waals surface area contributed by atoms with Crippen LogP contribution in [0.15, 0.2) is 95.1 Å². The summed E-state index contributed by atoms with van der Waals surface area (Å²) in [7, 11) is 0. The number of imide groups is 1. The molecule has 1 heterocycles. The first kappa shape index (κ1) is 22.9. The van der Waals surface area contributed by atoms with Gasteiger partial charge in [-0.1, -0.05) is 72.3 Å². The molecule has 4 aromatic carbocycles. The lowest BCUT2D eigenvalue weighted by atomic mass is 10.1. The van der Waals surface area contributed by atoms with Gasteiger partial charge in [0, 0.05) is 0 Å². The molecule has 35 heavy (non-hydrogen) atoms. The number of benzene rings is 4. The van der Waals surface area contributed by atoms with Gasteiger partial charge in [0.2, 0.25) is 0 Å². The second kappa shape index (κ2) is 9.76. The molecule has 5 nitrogen and oxygen atoms in total. The van der Waals surface area contributed by atoms with Gasteiger partial charge in [-0.3, -0.25) is 9.69 Å². The Morgan fingerprint density at radius 3 is 2.51 bits per heavy atom. The number of rotatable bonds is 6. The van der Waals surface area contributed by atoms with Crippen LogP contribution in [0.5, 0.6) is 5.75 Å². The van der Waals surface area contributed by atoms with E-state index in [-0.39, 0.29) is 18.1 Å². The maximum atomic E-state index is 12.9. The van der Waals surface area contributed by atoms with E-state index >= 15 is 0 Å². The normalized spacial score (nSPS) is 14.6. The molecule has 0 spiro atoms. The average molecular weight is 527 g/mol. The van der Waals surface area contributed by atoms with Crippen LogP contribution in [0.1, 0.15) is 22.3 Å². The van der Waals surface area contributed by atoms with Gasteiger partial charge in [-0.05, 0) is 74.6 Å². The Bertz CT molecular complexity index is 1480. The minimum atomic E-state index is -0.419. The molecule has 0 radical (unpaired) electrons. The van der Waals surface area contributed by atoms with Crippen molar-refractivity contribution in [1.82, 2.24) is 10.2 Å². The van der Waals surface area contributed by atoms with Crippen LogP contribution in [0.25, 0.3) is 16.8 Å². The molecule has 0 unspecified atom stereocenters. The predicted octanol–water partition coefficient (Wildman–Crippen LogP) is 6.58. The summed E-state index contributed by atoms with van der Waals surface area (Å²) in [5, 5.41) is 5.05. The standard InChI is InChI=1S/C29H23BrN2O3/c1-19-5-4-6-21(13-19)17-32-28(33)26(31-29(32)34)16-20-10-12-27(25(30)15-20)35-18-22-9-11-23-7-2-3-8-24(23)14-22/h2-16H,17-18H2,1H3,(H,31,34)/b26-16+. The minimum Gasteiger partial charge on any atom is -0.488 e. The summed E-state index contributed by atoms with van der Waals surface area (Å²) in [5.74, 6) is 0.354. The lowest BCUT2D eigenvalue weighted by Crippen LogP contribution is -2.30. The Morgan fingerprint density at radius 1 is 0.886 bits per heavy atom. The maximum absolute atomic E-state index is 12.9. The van der Waals surface area contributed by atoms with E-state index in [0.717, 1.165) is 26.7 Å². The number of amides is 3. The molecule has 5 rings (SSSR count). The largest absolute Gasteiger partial charge is 0.488 e. The summed E-state index contributed by atoms with van der Waals surface area (Å²) in [6, 6.07) is 27.4. The zero-order valence-electron chi connectivity index (χ0n) is 19.1. The highest BCUT2D eigenvalue weighted by molar-refractivity contribution is 9.10. The fourth-order valence-electron chi connectivity index (χ4n) is 4.09. The molecule has 1 N–H and O–H groups in total. The third-order valence-corrected chi connectivity index (χ3v) is 6.48. The Kier molecular flexibility index (Phi) is 6.38. The van der Waals surface area contributed by atoms with Crippen molar-refractivity contribution in [3.8, 4) is 5.75 Å². The molecule has 174 valence electrons. The number of hydrogen-bond acceptors (Lipinski definition) is 3. The summed E-state index contributed by atoms with van der Waals surface area (Å²) < 4.78 is 6.78. The number of halogens is 1. The first-order valence-corrected chi connectivity index (χ1v) is 12.1. The van der Waals surface area contributed by atoms with Crippen LogP contribution in [0.3, 0.4) is 0 Å². The molecule has 1 saturated heterocycles. The van der Waals surface area contributed by atoms with Gasteiger partial charge in [-0.25, -0.2) is 4.79 Å². The van der Waals surface area contributed by atoms with Crippen LogP contribution in [0.2, 0.25) is 0 Å². The topological polar surface area (TPSA) is 58.6 Å². The van der Waals surface area contributed by atoms with Crippen LogP contribution in [0.4, 0.5) is 4.79 Å². The molecule has 0 aliphatic carbocycles. The first-order valence-electron chi connectivity index (χ1n) is 11.3. The van der Waals surface area contributed by atoms with E-state index in [1.807, 2.05) is 61.5 Å². The molecule has 0 atom stereocenters. The molecule has 1 fully saturated rings. The molecule has 1 aliphatic rings. The second-order valence-corrected chi connectivity index (χ2v) is 9.38. The summed E-state index contributed by atoms with van der Waals surface area (Å²) in [5.41, 5.74) is 4.09. The van der Waals surface area contributed by atoms with Crippen molar-refractivity contribution in [3.63, 3.8) is 0 Å². The molecule has 0 aromatic heterocycles. The Morgan fingerprint density at radius 2 is 1.71 bits per heavy atom. The Balaban J connectivity index is 1.27. The lowest BCUT2D eigenvalue weighted by Gasteiger charge is -2.12. The molecular formula is C29H23BrN2O3. The van der Waals surface area contributed by atoms with Gasteiger partial charge in [-0.15, -0.1) is 0 Å². The van der Waals surface area contributed by atoms with Crippen LogP contribution in [-0.2, 0) is 17.9 Å². The van der Waals surface area contributed by atoms with Gasteiger partial charge < -0.3 is 10.1 Å². The van der Waals surface area contributed by atoms with Crippen molar-refractivity contribution >= 4 is 44.7 Å². The second-order valence-electron chi connectivity index (χ2n) is 8.53. The zero-order valence-corrected chi connectivity index (χ0v) is 20.7. The van der Waals surface area contributed by atoms with Crippen LogP contribution >= 0.6 is 15.9 Å². The smallest absolute Gasteiger partial charge is 0.329 e. The van der Waals surface area contributed by atoms with Gasteiger partial charge in [0.25, 0.3) is 5.91 Å². The van der Waals surface area contributed by atoms with Gasteiger partial charge in [-0.2, -0.15) is 0 Å². The third kappa shape index (κ3) is 5.12. The number of ether oxygens (including phenoxy) is 1. The number of urea groups is 1. The Labute approximate surface area is 212 Å². The molecule has 6 heteroatoms. The highest BCUT2D eigenvalue weighted by Crippen LogP contribution is 2.29.